The summed E-state index contributed by atoms with van der Waals surface area (Å²) in [5.74, 6) is 1.43. The van der Waals surface area contributed by atoms with E-state index < -0.39 is 4.92 Å². The van der Waals surface area contributed by atoms with Gasteiger partial charge in [0.1, 0.15) is 11.6 Å². The molecule has 0 bridgehead atoms. The highest BCUT2D eigenvalue weighted by Gasteiger charge is 2.13. The van der Waals surface area contributed by atoms with Crippen LogP contribution in [-0.4, -0.2) is 23.0 Å². The third-order valence-corrected chi connectivity index (χ3v) is 2.65. The maximum absolute atomic E-state index is 10.8. The summed E-state index contributed by atoms with van der Waals surface area (Å²) in [6, 6.07) is 3.06. The topological polar surface area (TPSA) is 80.1 Å². The van der Waals surface area contributed by atoms with Crippen LogP contribution in [0, 0.1) is 16.0 Å². The van der Waals surface area contributed by atoms with Crippen molar-refractivity contribution < 1.29 is 4.92 Å². The highest BCUT2D eigenvalue weighted by Crippen LogP contribution is 2.21. The van der Waals surface area contributed by atoms with E-state index in [1.807, 2.05) is 6.92 Å². The minimum atomic E-state index is -0.423. The standard InChI is InChI=1S/C11H18N4O2/c1-7(2)8(3)13-11-6-9(15(16)17)5-10(12-4)14-11/h5-8H,1-4H3,(H2,12,13,14). The van der Waals surface area contributed by atoms with Crippen LogP contribution in [0.2, 0.25) is 0 Å². The molecule has 1 unspecified atom stereocenters. The van der Waals surface area contributed by atoms with E-state index in [4.69, 9.17) is 0 Å². The van der Waals surface area contributed by atoms with E-state index in [-0.39, 0.29) is 11.7 Å². The van der Waals surface area contributed by atoms with Crippen molar-refractivity contribution >= 4 is 17.3 Å². The zero-order valence-corrected chi connectivity index (χ0v) is 10.5. The Morgan fingerprint density at radius 2 is 1.88 bits per heavy atom. The van der Waals surface area contributed by atoms with Crippen LogP contribution in [0.15, 0.2) is 12.1 Å². The molecule has 0 radical (unpaired) electrons. The molecule has 0 amide bonds. The van der Waals surface area contributed by atoms with E-state index in [0.717, 1.165) is 0 Å². The maximum Gasteiger partial charge on any atom is 0.276 e. The Balaban J connectivity index is 2.98. The second-order valence-corrected chi connectivity index (χ2v) is 4.28. The van der Waals surface area contributed by atoms with E-state index in [9.17, 15) is 10.1 Å². The predicted octanol–water partition coefficient (Wildman–Crippen LogP) is 2.49. The van der Waals surface area contributed by atoms with E-state index in [2.05, 4.69) is 29.5 Å². The van der Waals surface area contributed by atoms with Crippen molar-refractivity contribution in [1.29, 1.82) is 0 Å². The molecule has 1 aromatic rings. The van der Waals surface area contributed by atoms with Gasteiger partial charge in [0.05, 0.1) is 17.1 Å². The molecule has 0 aromatic carbocycles. The van der Waals surface area contributed by atoms with Gasteiger partial charge in [-0.25, -0.2) is 4.98 Å². The molecule has 0 saturated heterocycles. The fraction of sp³-hybridized carbons (Fsp3) is 0.545. The summed E-state index contributed by atoms with van der Waals surface area (Å²) in [5, 5.41) is 16.7. The summed E-state index contributed by atoms with van der Waals surface area (Å²) in [4.78, 5) is 14.6. The Morgan fingerprint density at radius 1 is 1.29 bits per heavy atom. The van der Waals surface area contributed by atoms with Crippen LogP contribution in [0.3, 0.4) is 0 Å². The van der Waals surface area contributed by atoms with Crippen molar-refractivity contribution in [3.63, 3.8) is 0 Å². The number of anilines is 2. The lowest BCUT2D eigenvalue weighted by Gasteiger charge is -2.18. The largest absolute Gasteiger partial charge is 0.373 e. The zero-order valence-electron chi connectivity index (χ0n) is 10.5. The van der Waals surface area contributed by atoms with Crippen LogP contribution < -0.4 is 10.6 Å². The number of aromatic nitrogens is 1. The number of hydrogen-bond acceptors (Lipinski definition) is 5. The van der Waals surface area contributed by atoms with Gasteiger partial charge in [0.15, 0.2) is 0 Å². The van der Waals surface area contributed by atoms with E-state index in [1.54, 1.807) is 7.05 Å². The van der Waals surface area contributed by atoms with Gasteiger partial charge in [0, 0.05) is 13.1 Å². The Hall–Kier alpha value is -1.85. The van der Waals surface area contributed by atoms with Crippen LogP contribution in [0.4, 0.5) is 17.3 Å². The van der Waals surface area contributed by atoms with E-state index in [1.165, 1.54) is 12.1 Å². The van der Waals surface area contributed by atoms with Crippen molar-refractivity contribution in [2.24, 2.45) is 5.92 Å². The molecular formula is C11H18N4O2. The normalized spacial score (nSPS) is 12.3. The molecule has 6 heteroatoms. The van der Waals surface area contributed by atoms with Crippen LogP contribution >= 0.6 is 0 Å². The molecule has 1 aromatic heterocycles. The second kappa shape index (κ2) is 5.47. The second-order valence-electron chi connectivity index (χ2n) is 4.28. The van der Waals surface area contributed by atoms with Gasteiger partial charge < -0.3 is 10.6 Å². The zero-order chi connectivity index (χ0) is 13.0. The van der Waals surface area contributed by atoms with Crippen LogP contribution in [0.5, 0.6) is 0 Å². The number of nitrogens with zero attached hydrogens (tertiary/aromatic N) is 2. The SMILES string of the molecule is CNc1cc([N+](=O)[O-])cc(NC(C)C(C)C)n1. The highest BCUT2D eigenvalue weighted by atomic mass is 16.6. The van der Waals surface area contributed by atoms with Gasteiger partial charge in [-0.05, 0) is 12.8 Å². The summed E-state index contributed by atoms with van der Waals surface area (Å²) >= 11 is 0. The highest BCUT2D eigenvalue weighted by molar-refractivity contribution is 5.54. The minimum Gasteiger partial charge on any atom is -0.373 e. The summed E-state index contributed by atoms with van der Waals surface area (Å²) in [6.45, 7) is 6.17. The molecule has 0 fully saturated rings. The molecule has 1 heterocycles. The Bertz CT molecular complexity index is 406. The Kier molecular flexibility index (Phi) is 4.25. The summed E-state index contributed by atoms with van der Waals surface area (Å²) in [6.07, 6.45) is 0. The molecule has 2 N–H and O–H groups in total. The molecule has 0 aliphatic carbocycles. The van der Waals surface area contributed by atoms with Gasteiger partial charge in [-0.15, -0.1) is 0 Å². The quantitative estimate of drug-likeness (QED) is 0.608. The summed E-state index contributed by atoms with van der Waals surface area (Å²) in [7, 11) is 1.68. The number of nitro groups is 1. The number of pyridine rings is 1. The molecule has 0 saturated carbocycles. The smallest absolute Gasteiger partial charge is 0.276 e. The van der Waals surface area contributed by atoms with Gasteiger partial charge in [-0.3, -0.25) is 10.1 Å². The van der Waals surface area contributed by atoms with Gasteiger partial charge in [0.2, 0.25) is 0 Å². The third-order valence-electron chi connectivity index (χ3n) is 2.65. The molecule has 94 valence electrons. The average Bonchev–Trinajstić information content (AvgIpc) is 2.28. The maximum atomic E-state index is 10.8. The molecule has 6 nitrogen and oxygen atoms in total. The molecule has 1 rings (SSSR count). The monoisotopic (exact) mass is 238 g/mol. The van der Waals surface area contributed by atoms with Crippen LogP contribution in [-0.2, 0) is 0 Å². The lowest BCUT2D eigenvalue weighted by Crippen LogP contribution is -2.22. The molecule has 0 aliphatic rings. The fourth-order valence-corrected chi connectivity index (χ4v) is 1.22. The van der Waals surface area contributed by atoms with Crippen molar-refractivity contribution in [1.82, 2.24) is 4.98 Å². The number of rotatable bonds is 5. The van der Waals surface area contributed by atoms with E-state index >= 15 is 0 Å². The molecule has 1 atom stereocenters. The summed E-state index contributed by atoms with van der Waals surface area (Å²) < 4.78 is 0. The minimum absolute atomic E-state index is 0.0304. The predicted molar refractivity (Wildman–Crippen MR) is 68.4 cm³/mol. The first kappa shape index (κ1) is 13.2. The molecular weight excluding hydrogens is 220 g/mol. The Labute approximate surface area is 101 Å². The van der Waals surface area contributed by atoms with Gasteiger partial charge in [-0.1, -0.05) is 13.8 Å². The Morgan fingerprint density at radius 3 is 2.35 bits per heavy atom. The first-order valence-electron chi connectivity index (χ1n) is 5.54. The first-order chi connectivity index (χ1) is 7.93. The van der Waals surface area contributed by atoms with Crippen LogP contribution in [0.1, 0.15) is 20.8 Å². The average molecular weight is 238 g/mol. The number of hydrogen-bond donors (Lipinski definition) is 2. The van der Waals surface area contributed by atoms with Crippen molar-refractivity contribution in [2.75, 3.05) is 17.7 Å². The lowest BCUT2D eigenvalue weighted by atomic mass is 10.1. The van der Waals surface area contributed by atoms with Gasteiger partial charge in [-0.2, -0.15) is 0 Å². The first-order valence-corrected chi connectivity index (χ1v) is 5.54. The number of nitrogens with one attached hydrogen (secondary N) is 2. The van der Waals surface area contributed by atoms with Crippen molar-refractivity contribution in [3.05, 3.63) is 22.2 Å². The van der Waals surface area contributed by atoms with Crippen molar-refractivity contribution in [2.45, 2.75) is 26.8 Å². The van der Waals surface area contributed by atoms with Gasteiger partial charge >= 0.3 is 0 Å². The molecule has 0 spiro atoms. The van der Waals surface area contributed by atoms with Gasteiger partial charge in [0.25, 0.3) is 5.69 Å². The molecule has 0 aliphatic heterocycles. The lowest BCUT2D eigenvalue weighted by molar-refractivity contribution is -0.384. The van der Waals surface area contributed by atoms with Crippen LogP contribution in [0.25, 0.3) is 0 Å². The third kappa shape index (κ3) is 3.58. The molecule has 17 heavy (non-hydrogen) atoms. The van der Waals surface area contributed by atoms with E-state index in [0.29, 0.717) is 17.6 Å². The van der Waals surface area contributed by atoms with Crippen molar-refractivity contribution in [3.8, 4) is 0 Å². The fourth-order valence-electron chi connectivity index (χ4n) is 1.22. The summed E-state index contributed by atoms with van der Waals surface area (Å²) in [5.41, 5.74) is 0.0304.